The molecule has 408 valence electrons. The van der Waals surface area contributed by atoms with Crippen molar-refractivity contribution in [2.24, 2.45) is 0 Å². The third kappa shape index (κ3) is 48.6. The predicted molar refractivity (Wildman–Crippen MR) is 309 cm³/mol. The summed E-state index contributed by atoms with van der Waals surface area (Å²) in [6.07, 6.45) is 75.5. The Bertz CT molecular complexity index is 1030. The van der Waals surface area contributed by atoms with E-state index in [0.717, 1.165) is 56.3 Å². The first kappa shape index (κ1) is 65.6. The van der Waals surface area contributed by atoms with Crippen LogP contribution >= 0.6 is 0 Å². The zero-order valence-electron chi connectivity index (χ0n) is 47.8. The standard InChI is InChI=1S/C66H126O3/c1-4-7-10-13-16-19-22-25-28-31-34-37-40-43-46-49-52-55-61-67-64-59-58-60-65(68-62-56-53-50-47-44-41-38-35-32-29-26-23-20-17-14-11-8-5-2)66(64)69-63-57-54-51-48-45-42-39-36-33-30-27-24-21-18-15-12-9-6-3/h58-60H,4-57,61-63H2,1-3H3. The summed E-state index contributed by atoms with van der Waals surface area (Å²) in [6, 6.07) is 6.30. The molecule has 0 bridgehead atoms. The molecule has 1 aromatic rings. The summed E-state index contributed by atoms with van der Waals surface area (Å²) in [7, 11) is 0. The Morgan fingerprint density at radius 3 is 0.551 bits per heavy atom. The number of benzene rings is 1. The van der Waals surface area contributed by atoms with E-state index in [-0.39, 0.29) is 0 Å². The number of hydrogen-bond donors (Lipinski definition) is 0. The molecule has 0 saturated heterocycles. The highest BCUT2D eigenvalue weighted by atomic mass is 16.5. The first-order chi connectivity index (χ1) is 34.3. The summed E-state index contributed by atoms with van der Waals surface area (Å²) < 4.78 is 19.4. The number of unbranched alkanes of at least 4 members (excludes halogenated alkanes) is 51. The third-order valence-corrected chi connectivity index (χ3v) is 15.2. The first-order valence-electron chi connectivity index (χ1n) is 32.3. The predicted octanol–water partition coefficient (Wildman–Crippen LogP) is 23.9. The topological polar surface area (TPSA) is 27.7 Å². The van der Waals surface area contributed by atoms with Gasteiger partial charge in [-0.2, -0.15) is 0 Å². The lowest BCUT2D eigenvalue weighted by molar-refractivity contribution is 0.234. The quantitative estimate of drug-likeness (QED) is 0.0609. The highest BCUT2D eigenvalue weighted by molar-refractivity contribution is 5.51. The van der Waals surface area contributed by atoms with Crippen LogP contribution in [0.4, 0.5) is 0 Å². The van der Waals surface area contributed by atoms with Crippen molar-refractivity contribution in [3.05, 3.63) is 18.2 Å². The van der Waals surface area contributed by atoms with E-state index in [4.69, 9.17) is 14.2 Å². The molecule has 0 saturated carbocycles. The zero-order valence-corrected chi connectivity index (χ0v) is 47.8. The summed E-state index contributed by atoms with van der Waals surface area (Å²) >= 11 is 0. The van der Waals surface area contributed by atoms with Gasteiger partial charge in [-0.3, -0.25) is 0 Å². The van der Waals surface area contributed by atoms with E-state index in [1.165, 1.54) is 327 Å². The van der Waals surface area contributed by atoms with Crippen LogP contribution in [-0.4, -0.2) is 19.8 Å². The molecule has 0 amide bonds. The smallest absolute Gasteiger partial charge is 0.203 e. The van der Waals surface area contributed by atoms with E-state index >= 15 is 0 Å². The van der Waals surface area contributed by atoms with Gasteiger partial charge in [-0.1, -0.05) is 354 Å². The third-order valence-electron chi connectivity index (χ3n) is 15.2. The molecule has 0 heterocycles. The minimum atomic E-state index is 0.744. The number of hydrogen-bond acceptors (Lipinski definition) is 3. The maximum atomic E-state index is 6.53. The zero-order chi connectivity index (χ0) is 49.3. The van der Waals surface area contributed by atoms with Gasteiger partial charge in [0.25, 0.3) is 0 Å². The summed E-state index contributed by atoms with van der Waals surface area (Å²) in [5.41, 5.74) is 0. The van der Waals surface area contributed by atoms with Crippen molar-refractivity contribution < 1.29 is 14.2 Å². The Morgan fingerprint density at radius 1 is 0.203 bits per heavy atom. The molecule has 69 heavy (non-hydrogen) atoms. The molecule has 3 nitrogen and oxygen atoms in total. The van der Waals surface area contributed by atoms with Crippen LogP contribution in [0.15, 0.2) is 18.2 Å². The molecule has 0 unspecified atom stereocenters. The highest BCUT2D eigenvalue weighted by Crippen LogP contribution is 2.38. The average Bonchev–Trinajstić information content (AvgIpc) is 3.36. The molecule has 1 aromatic carbocycles. The number of ether oxygens (including phenoxy) is 3. The molecule has 1 rings (SSSR count). The molecular formula is C66H126O3. The van der Waals surface area contributed by atoms with E-state index in [1.54, 1.807) is 0 Å². The second-order valence-corrected chi connectivity index (χ2v) is 22.2. The van der Waals surface area contributed by atoms with Gasteiger partial charge in [-0.15, -0.1) is 0 Å². The minimum Gasteiger partial charge on any atom is -0.490 e. The van der Waals surface area contributed by atoms with Crippen LogP contribution in [0, 0.1) is 0 Å². The molecule has 0 radical (unpaired) electrons. The van der Waals surface area contributed by atoms with Gasteiger partial charge < -0.3 is 14.2 Å². The van der Waals surface area contributed by atoms with Crippen molar-refractivity contribution in [3.8, 4) is 17.2 Å². The molecule has 0 fully saturated rings. The Morgan fingerprint density at radius 2 is 0.362 bits per heavy atom. The van der Waals surface area contributed by atoms with Crippen molar-refractivity contribution in [1.82, 2.24) is 0 Å². The van der Waals surface area contributed by atoms with Gasteiger partial charge in [-0.25, -0.2) is 0 Å². The molecule has 0 atom stereocenters. The van der Waals surface area contributed by atoms with Crippen molar-refractivity contribution in [2.75, 3.05) is 19.8 Å². The average molecular weight is 968 g/mol. The van der Waals surface area contributed by atoms with E-state index in [2.05, 4.69) is 39.0 Å². The summed E-state index contributed by atoms with van der Waals surface area (Å²) in [6.45, 7) is 9.19. The van der Waals surface area contributed by atoms with Gasteiger partial charge in [-0.05, 0) is 31.4 Å². The van der Waals surface area contributed by atoms with Gasteiger partial charge in [0, 0.05) is 0 Å². The second-order valence-electron chi connectivity index (χ2n) is 22.2. The van der Waals surface area contributed by atoms with Gasteiger partial charge in [0.1, 0.15) is 0 Å². The van der Waals surface area contributed by atoms with Crippen LogP contribution in [0.1, 0.15) is 367 Å². The highest BCUT2D eigenvalue weighted by Gasteiger charge is 2.13. The van der Waals surface area contributed by atoms with E-state index in [1.807, 2.05) is 0 Å². The molecule has 0 aliphatic carbocycles. The van der Waals surface area contributed by atoms with E-state index in [9.17, 15) is 0 Å². The van der Waals surface area contributed by atoms with Gasteiger partial charge in [0.05, 0.1) is 19.8 Å². The lowest BCUT2D eigenvalue weighted by Crippen LogP contribution is -2.06. The molecule has 0 N–H and O–H groups in total. The van der Waals surface area contributed by atoms with Crippen LogP contribution < -0.4 is 14.2 Å². The van der Waals surface area contributed by atoms with Crippen LogP contribution in [0.2, 0.25) is 0 Å². The fourth-order valence-electron chi connectivity index (χ4n) is 10.4. The second kappa shape index (κ2) is 57.5. The van der Waals surface area contributed by atoms with Gasteiger partial charge in [0.15, 0.2) is 11.5 Å². The minimum absolute atomic E-state index is 0.744. The van der Waals surface area contributed by atoms with Crippen molar-refractivity contribution in [1.29, 1.82) is 0 Å². The first-order valence-corrected chi connectivity index (χ1v) is 32.3. The maximum Gasteiger partial charge on any atom is 0.203 e. The molecular weight excluding hydrogens is 841 g/mol. The summed E-state index contributed by atoms with van der Waals surface area (Å²) in [4.78, 5) is 0. The maximum absolute atomic E-state index is 6.53. The molecule has 0 spiro atoms. The largest absolute Gasteiger partial charge is 0.490 e. The molecule has 3 heteroatoms. The lowest BCUT2D eigenvalue weighted by Gasteiger charge is -2.17. The van der Waals surface area contributed by atoms with E-state index in [0.29, 0.717) is 0 Å². The fourth-order valence-corrected chi connectivity index (χ4v) is 10.4. The lowest BCUT2D eigenvalue weighted by atomic mass is 10.0. The Kier molecular flexibility index (Phi) is 54.7. The Balaban J connectivity index is 2.27. The Hall–Kier alpha value is -1.38. The van der Waals surface area contributed by atoms with Gasteiger partial charge in [0.2, 0.25) is 5.75 Å². The monoisotopic (exact) mass is 967 g/mol. The van der Waals surface area contributed by atoms with Crippen LogP contribution in [-0.2, 0) is 0 Å². The Labute approximate surface area is 435 Å². The van der Waals surface area contributed by atoms with Crippen LogP contribution in [0.5, 0.6) is 17.2 Å². The van der Waals surface area contributed by atoms with Crippen LogP contribution in [0.3, 0.4) is 0 Å². The SMILES string of the molecule is CCCCCCCCCCCCCCCCCCCCOc1cccc(OCCCCCCCCCCCCCCCCCCCC)c1OCCCCCCCCCCCCCCCCCCCC. The molecule has 0 aliphatic rings. The van der Waals surface area contributed by atoms with Crippen molar-refractivity contribution in [3.63, 3.8) is 0 Å². The summed E-state index contributed by atoms with van der Waals surface area (Å²) in [5, 5.41) is 0. The summed E-state index contributed by atoms with van der Waals surface area (Å²) in [5.74, 6) is 2.59. The fraction of sp³-hybridized carbons (Fsp3) is 0.909. The molecule has 0 aliphatic heterocycles. The number of rotatable bonds is 60. The van der Waals surface area contributed by atoms with Crippen LogP contribution in [0.25, 0.3) is 0 Å². The van der Waals surface area contributed by atoms with Crippen molar-refractivity contribution >= 4 is 0 Å². The normalized spacial score (nSPS) is 11.5. The van der Waals surface area contributed by atoms with Gasteiger partial charge >= 0.3 is 0 Å². The van der Waals surface area contributed by atoms with Crippen molar-refractivity contribution in [2.45, 2.75) is 367 Å². The van der Waals surface area contributed by atoms with E-state index < -0.39 is 0 Å². The molecule has 0 aromatic heterocycles. The number of para-hydroxylation sites is 1.